The second kappa shape index (κ2) is 8.06. The van der Waals surface area contributed by atoms with Gasteiger partial charge >= 0.3 is 0 Å². The molecular weight excluding hydrogens is 216 g/mol. The van der Waals surface area contributed by atoms with Crippen molar-refractivity contribution in [3.8, 4) is 0 Å². The number of methoxy groups -OCH3 is 1. The number of hydrogen-bond acceptors (Lipinski definition) is 1. The van der Waals surface area contributed by atoms with E-state index in [1.54, 1.807) is 0 Å². The Morgan fingerprint density at radius 1 is 1.33 bits per heavy atom. The van der Waals surface area contributed by atoms with Gasteiger partial charge < -0.3 is 4.74 Å². The van der Waals surface area contributed by atoms with Gasteiger partial charge in [0.05, 0.1) is 6.10 Å². The van der Waals surface area contributed by atoms with Crippen molar-refractivity contribution in [2.24, 2.45) is 5.92 Å². The Labute approximate surface area is 85.0 Å². The quantitative estimate of drug-likeness (QED) is 0.614. The fourth-order valence-corrected chi connectivity index (χ4v) is 2.06. The van der Waals surface area contributed by atoms with Crippen LogP contribution in [0.25, 0.3) is 0 Å². The molecule has 0 N–H and O–H groups in total. The van der Waals surface area contributed by atoms with E-state index in [9.17, 15) is 0 Å². The maximum atomic E-state index is 5.36. The van der Waals surface area contributed by atoms with E-state index in [1.807, 2.05) is 7.11 Å². The summed E-state index contributed by atoms with van der Waals surface area (Å²) in [5.74, 6) is 0.792. The number of halogens is 1. The van der Waals surface area contributed by atoms with Crippen LogP contribution in [-0.2, 0) is 4.74 Å². The van der Waals surface area contributed by atoms with Gasteiger partial charge in [0.1, 0.15) is 0 Å². The maximum Gasteiger partial charge on any atom is 0.0571 e. The van der Waals surface area contributed by atoms with Crippen molar-refractivity contribution in [2.75, 3.05) is 12.4 Å². The first-order valence-corrected chi connectivity index (χ1v) is 5.99. The summed E-state index contributed by atoms with van der Waals surface area (Å²) < 4.78 is 5.36. The Hall–Kier alpha value is 0.440. The average Bonchev–Trinajstić information content (AvgIpc) is 2.12. The third kappa shape index (κ3) is 5.15. The van der Waals surface area contributed by atoms with E-state index in [0.717, 1.165) is 17.7 Å². The summed E-state index contributed by atoms with van der Waals surface area (Å²) in [7, 11) is 1.81. The molecule has 0 aliphatic carbocycles. The van der Waals surface area contributed by atoms with E-state index in [0.29, 0.717) is 6.10 Å². The summed E-state index contributed by atoms with van der Waals surface area (Å²) in [6, 6.07) is 0. The summed E-state index contributed by atoms with van der Waals surface area (Å²) in [4.78, 5) is 0. The highest BCUT2D eigenvalue weighted by Gasteiger charge is 2.12. The smallest absolute Gasteiger partial charge is 0.0571 e. The van der Waals surface area contributed by atoms with E-state index < -0.39 is 0 Å². The molecule has 0 radical (unpaired) electrons. The van der Waals surface area contributed by atoms with Crippen LogP contribution in [0.15, 0.2) is 0 Å². The average molecular weight is 237 g/mol. The second-order valence-corrected chi connectivity index (χ2v) is 3.96. The van der Waals surface area contributed by atoms with Crippen LogP contribution < -0.4 is 0 Å². The summed E-state index contributed by atoms with van der Waals surface area (Å²) in [6.45, 7) is 4.43. The standard InChI is InChI=1S/C10H21BrO/c1-4-6-9(8-11)7-10(5-2)12-3/h9-10H,4-8H2,1-3H3. The van der Waals surface area contributed by atoms with Crippen LogP contribution in [0.4, 0.5) is 0 Å². The van der Waals surface area contributed by atoms with Crippen molar-refractivity contribution in [1.82, 2.24) is 0 Å². The van der Waals surface area contributed by atoms with Crippen molar-refractivity contribution >= 4 is 15.9 Å². The van der Waals surface area contributed by atoms with Gasteiger partial charge in [-0.1, -0.05) is 36.2 Å². The Balaban J connectivity index is 3.65. The minimum atomic E-state index is 0.457. The molecule has 0 saturated heterocycles. The fourth-order valence-electron chi connectivity index (χ4n) is 1.47. The third-order valence-corrected chi connectivity index (χ3v) is 3.22. The van der Waals surface area contributed by atoms with Gasteiger partial charge in [-0.2, -0.15) is 0 Å². The van der Waals surface area contributed by atoms with Gasteiger partial charge in [0.15, 0.2) is 0 Å². The molecule has 0 aliphatic rings. The van der Waals surface area contributed by atoms with Gasteiger partial charge in [0, 0.05) is 12.4 Å². The molecule has 0 rings (SSSR count). The molecule has 74 valence electrons. The molecule has 0 aromatic heterocycles. The highest BCUT2D eigenvalue weighted by atomic mass is 79.9. The monoisotopic (exact) mass is 236 g/mol. The van der Waals surface area contributed by atoms with Gasteiger partial charge in [0.25, 0.3) is 0 Å². The lowest BCUT2D eigenvalue weighted by molar-refractivity contribution is 0.0788. The summed E-state index contributed by atoms with van der Waals surface area (Å²) in [6.07, 6.45) is 5.37. The zero-order valence-corrected chi connectivity index (χ0v) is 10.1. The molecule has 0 fully saturated rings. The van der Waals surface area contributed by atoms with Crippen molar-refractivity contribution in [2.45, 2.75) is 45.6 Å². The van der Waals surface area contributed by atoms with Crippen LogP contribution in [0.1, 0.15) is 39.5 Å². The largest absolute Gasteiger partial charge is 0.381 e. The summed E-state index contributed by atoms with van der Waals surface area (Å²) in [5, 5.41) is 1.11. The predicted octanol–water partition coefficient (Wildman–Crippen LogP) is 3.61. The van der Waals surface area contributed by atoms with Crippen molar-refractivity contribution < 1.29 is 4.74 Å². The molecule has 0 aromatic rings. The van der Waals surface area contributed by atoms with Crippen LogP contribution in [0.3, 0.4) is 0 Å². The van der Waals surface area contributed by atoms with E-state index in [1.165, 1.54) is 19.3 Å². The molecule has 0 amide bonds. The lowest BCUT2D eigenvalue weighted by atomic mass is 9.97. The molecule has 2 unspecified atom stereocenters. The van der Waals surface area contributed by atoms with Gasteiger partial charge in [-0.25, -0.2) is 0 Å². The van der Waals surface area contributed by atoms with E-state index in [-0.39, 0.29) is 0 Å². The van der Waals surface area contributed by atoms with E-state index >= 15 is 0 Å². The first kappa shape index (κ1) is 12.4. The Morgan fingerprint density at radius 3 is 2.33 bits per heavy atom. The zero-order valence-electron chi connectivity index (χ0n) is 8.48. The van der Waals surface area contributed by atoms with E-state index in [4.69, 9.17) is 4.74 Å². The fraction of sp³-hybridized carbons (Fsp3) is 1.00. The molecule has 0 aromatic carbocycles. The summed E-state index contributed by atoms with van der Waals surface area (Å²) >= 11 is 3.55. The van der Waals surface area contributed by atoms with Crippen LogP contribution in [0.5, 0.6) is 0 Å². The molecule has 0 spiro atoms. The topological polar surface area (TPSA) is 9.23 Å². The van der Waals surface area contributed by atoms with Gasteiger partial charge in [0.2, 0.25) is 0 Å². The molecule has 12 heavy (non-hydrogen) atoms. The van der Waals surface area contributed by atoms with Crippen molar-refractivity contribution in [3.05, 3.63) is 0 Å². The Morgan fingerprint density at radius 2 is 2.00 bits per heavy atom. The molecule has 0 heterocycles. The highest BCUT2D eigenvalue weighted by molar-refractivity contribution is 9.09. The van der Waals surface area contributed by atoms with Crippen LogP contribution in [0.2, 0.25) is 0 Å². The van der Waals surface area contributed by atoms with E-state index in [2.05, 4.69) is 29.8 Å². The zero-order chi connectivity index (χ0) is 9.40. The number of ether oxygens (including phenoxy) is 1. The van der Waals surface area contributed by atoms with Crippen molar-refractivity contribution in [3.63, 3.8) is 0 Å². The number of alkyl halides is 1. The normalized spacial score (nSPS) is 16.0. The van der Waals surface area contributed by atoms with Gasteiger partial charge in [-0.3, -0.25) is 0 Å². The first-order chi connectivity index (χ1) is 5.78. The molecule has 2 atom stereocenters. The summed E-state index contributed by atoms with van der Waals surface area (Å²) in [5.41, 5.74) is 0. The van der Waals surface area contributed by atoms with Gasteiger partial charge in [-0.15, -0.1) is 0 Å². The van der Waals surface area contributed by atoms with Crippen LogP contribution in [0, 0.1) is 5.92 Å². The maximum absolute atomic E-state index is 5.36. The number of hydrogen-bond donors (Lipinski definition) is 0. The second-order valence-electron chi connectivity index (χ2n) is 3.31. The Kier molecular flexibility index (Phi) is 8.35. The number of rotatable bonds is 7. The third-order valence-electron chi connectivity index (χ3n) is 2.30. The molecule has 0 saturated carbocycles. The Bertz CT molecular complexity index is 91.8. The lowest BCUT2D eigenvalue weighted by Gasteiger charge is -2.19. The predicted molar refractivity (Wildman–Crippen MR) is 57.9 cm³/mol. The highest BCUT2D eigenvalue weighted by Crippen LogP contribution is 2.18. The van der Waals surface area contributed by atoms with Crippen LogP contribution in [-0.4, -0.2) is 18.5 Å². The van der Waals surface area contributed by atoms with Crippen LogP contribution >= 0.6 is 15.9 Å². The van der Waals surface area contributed by atoms with Crippen molar-refractivity contribution in [1.29, 1.82) is 0 Å². The molecule has 0 bridgehead atoms. The lowest BCUT2D eigenvalue weighted by Crippen LogP contribution is -2.16. The molecular formula is C10H21BrO. The molecule has 0 aliphatic heterocycles. The minimum Gasteiger partial charge on any atom is -0.381 e. The molecule has 1 nitrogen and oxygen atoms in total. The minimum absolute atomic E-state index is 0.457. The molecule has 2 heteroatoms. The first-order valence-electron chi connectivity index (χ1n) is 4.87. The van der Waals surface area contributed by atoms with Gasteiger partial charge in [-0.05, 0) is 25.2 Å². The SMILES string of the molecule is CCCC(CBr)CC(CC)OC.